The van der Waals surface area contributed by atoms with Gasteiger partial charge in [0.25, 0.3) is 0 Å². The van der Waals surface area contributed by atoms with Crippen LogP contribution in [0.2, 0.25) is 10.0 Å². The van der Waals surface area contributed by atoms with Crippen molar-refractivity contribution in [3.05, 3.63) is 33.8 Å². The Morgan fingerprint density at radius 2 is 1.85 bits per heavy atom. The normalized spacial score (nSPS) is 25.6. The number of halogens is 2. The summed E-state index contributed by atoms with van der Waals surface area (Å²) in [5.74, 6) is 0. The summed E-state index contributed by atoms with van der Waals surface area (Å²) in [6.07, 6.45) is 4.86. The van der Waals surface area contributed by atoms with Crippen LogP contribution in [0, 0.1) is 0 Å². The average Bonchev–Trinajstić information content (AvgIpc) is 2.42. The summed E-state index contributed by atoms with van der Waals surface area (Å²) in [5.41, 5.74) is 4.90. The van der Waals surface area contributed by atoms with E-state index in [1.54, 1.807) is 0 Å². The largest absolute Gasteiger partial charge is 0.247 e. The van der Waals surface area contributed by atoms with Gasteiger partial charge in [-0.05, 0) is 50.8 Å². The molecule has 0 radical (unpaired) electrons. The monoisotopic (exact) mass is 314 g/mol. The number of piperidine rings is 1. The molecule has 0 spiro atoms. The highest BCUT2D eigenvalue weighted by atomic mass is 35.5. The lowest BCUT2D eigenvalue weighted by molar-refractivity contribution is 0.0284. The lowest BCUT2D eigenvalue weighted by Crippen LogP contribution is -2.53. The molecule has 20 heavy (non-hydrogen) atoms. The van der Waals surface area contributed by atoms with Crippen LogP contribution < -0.4 is 5.43 Å². The van der Waals surface area contributed by atoms with Gasteiger partial charge in [0.05, 0.1) is 10.0 Å². The van der Waals surface area contributed by atoms with Crippen molar-refractivity contribution in [1.82, 2.24) is 10.4 Å². The summed E-state index contributed by atoms with van der Waals surface area (Å²) >= 11 is 12.1. The van der Waals surface area contributed by atoms with E-state index in [9.17, 15) is 0 Å². The molecule has 0 saturated carbocycles. The fourth-order valence-corrected chi connectivity index (χ4v) is 3.29. The Morgan fingerprint density at radius 3 is 2.40 bits per heavy atom. The SMILES string of the molecule is CCC(NN1C(C)CCCC1C)c1ccc(Cl)c(Cl)c1. The number of hydrogen-bond donors (Lipinski definition) is 1. The van der Waals surface area contributed by atoms with Gasteiger partial charge < -0.3 is 0 Å². The standard InChI is InChI=1S/C16H24Cl2N2/c1-4-16(13-8-9-14(17)15(18)10-13)19-20-11(2)6-5-7-12(20)3/h8-12,16,19H,4-7H2,1-3H3. The van der Waals surface area contributed by atoms with Gasteiger partial charge in [-0.15, -0.1) is 0 Å². The molecule has 1 aliphatic rings. The van der Waals surface area contributed by atoms with Crippen LogP contribution in [0.5, 0.6) is 0 Å². The van der Waals surface area contributed by atoms with Gasteiger partial charge in [-0.3, -0.25) is 0 Å². The maximum absolute atomic E-state index is 6.14. The second kappa shape index (κ2) is 7.13. The van der Waals surface area contributed by atoms with Gasteiger partial charge in [0.15, 0.2) is 0 Å². The van der Waals surface area contributed by atoms with Crippen molar-refractivity contribution in [2.75, 3.05) is 0 Å². The molecule has 2 nitrogen and oxygen atoms in total. The molecule has 3 atom stereocenters. The Hall–Kier alpha value is -0.280. The summed E-state index contributed by atoms with van der Waals surface area (Å²) in [4.78, 5) is 0. The Labute approximate surface area is 132 Å². The molecular formula is C16H24Cl2N2. The molecule has 0 amide bonds. The Kier molecular flexibility index (Phi) is 5.74. The first kappa shape index (κ1) is 16.1. The highest BCUT2D eigenvalue weighted by Crippen LogP contribution is 2.29. The Balaban J connectivity index is 2.13. The van der Waals surface area contributed by atoms with Gasteiger partial charge in [0.1, 0.15) is 0 Å². The van der Waals surface area contributed by atoms with Crippen LogP contribution in [-0.2, 0) is 0 Å². The third kappa shape index (κ3) is 3.67. The van der Waals surface area contributed by atoms with E-state index >= 15 is 0 Å². The average molecular weight is 315 g/mol. The lowest BCUT2D eigenvalue weighted by Gasteiger charge is -2.41. The van der Waals surface area contributed by atoms with Crippen LogP contribution in [0.3, 0.4) is 0 Å². The minimum Gasteiger partial charge on any atom is -0.247 e. The van der Waals surface area contributed by atoms with Gasteiger partial charge in [0.2, 0.25) is 0 Å². The quantitative estimate of drug-likeness (QED) is 0.820. The molecule has 1 aromatic rings. The molecule has 112 valence electrons. The summed E-state index contributed by atoms with van der Waals surface area (Å²) < 4.78 is 0. The molecule has 1 aliphatic heterocycles. The predicted molar refractivity (Wildman–Crippen MR) is 87.2 cm³/mol. The van der Waals surface area contributed by atoms with E-state index in [1.807, 2.05) is 12.1 Å². The maximum atomic E-state index is 6.14. The molecular weight excluding hydrogens is 291 g/mol. The molecule has 0 bridgehead atoms. The minimum atomic E-state index is 0.285. The summed E-state index contributed by atoms with van der Waals surface area (Å²) in [6, 6.07) is 7.37. The topological polar surface area (TPSA) is 15.3 Å². The zero-order chi connectivity index (χ0) is 14.7. The van der Waals surface area contributed by atoms with Crippen LogP contribution in [0.25, 0.3) is 0 Å². The lowest BCUT2D eigenvalue weighted by atomic mass is 9.99. The van der Waals surface area contributed by atoms with Crippen molar-refractivity contribution < 1.29 is 0 Å². The van der Waals surface area contributed by atoms with Crippen LogP contribution in [0.1, 0.15) is 58.1 Å². The second-order valence-electron chi connectivity index (χ2n) is 5.80. The van der Waals surface area contributed by atoms with Crippen molar-refractivity contribution in [1.29, 1.82) is 0 Å². The van der Waals surface area contributed by atoms with E-state index in [0.29, 0.717) is 22.1 Å². The molecule has 2 rings (SSSR count). The van der Waals surface area contributed by atoms with Crippen molar-refractivity contribution in [2.24, 2.45) is 0 Å². The molecule has 1 heterocycles. The Morgan fingerprint density at radius 1 is 1.20 bits per heavy atom. The molecule has 1 fully saturated rings. The fraction of sp³-hybridized carbons (Fsp3) is 0.625. The number of rotatable bonds is 4. The summed E-state index contributed by atoms with van der Waals surface area (Å²) in [7, 11) is 0. The van der Waals surface area contributed by atoms with E-state index < -0.39 is 0 Å². The fourth-order valence-electron chi connectivity index (χ4n) is 2.99. The third-order valence-corrected chi connectivity index (χ3v) is 4.99. The van der Waals surface area contributed by atoms with E-state index in [2.05, 4.69) is 37.3 Å². The zero-order valence-electron chi connectivity index (χ0n) is 12.5. The number of nitrogens with zero attached hydrogens (tertiary/aromatic N) is 1. The van der Waals surface area contributed by atoms with E-state index in [1.165, 1.54) is 24.8 Å². The molecule has 1 saturated heterocycles. The van der Waals surface area contributed by atoms with E-state index in [-0.39, 0.29) is 6.04 Å². The van der Waals surface area contributed by atoms with Crippen molar-refractivity contribution in [3.8, 4) is 0 Å². The van der Waals surface area contributed by atoms with Crippen LogP contribution in [0.15, 0.2) is 18.2 Å². The first-order chi connectivity index (χ1) is 9.52. The molecule has 1 aromatic carbocycles. The molecule has 0 aromatic heterocycles. The molecule has 4 heteroatoms. The maximum Gasteiger partial charge on any atom is 0.0595 e. The second-order valence-corrected chi connectivity index (χ2v) is 6.61. The third-order valence-electron chi connectivity index (χ3n) is 4.25. The number of benzene rings is 1. The number of hydrazine groups is 1. The highest BCUT2D eigenvalue weighted by molar-refractivity contribution is 6.42. The highest BCUT2D eigenvalue weighted by Gasteiger charge is 2.26. The number of hydrogen-bond acceptors (Lipinski definition) is 2. The molecule has 0 aliphatic carbocycles. The van der Waals surface area contributed by atoms with Gasteiger partial charge in [0, 0.05) is 18.1 Å². The zero-order valence-corrected chi connectivity index (χ0v) is 14.0. The smallest absolute Gasteiger partial charge is 0.0595 e. The van der Waals surface area contributed by atoms with Gasteiger partial charge in [-0.1, -0.05) is 42.6 Å². The summed E-state index contributed by atoms with van der Waals surface area (Å²) in [5, 5.41) is 3.66. The van der Waals surface area contributed by atoms with Gasteiger partial charge >= 0.3 is 0 Å². The van der Waals surface area contributed by atoms with Crippen LogP contribution >= 0.6 is 23.2 Å². The molecule has 1 N–H and O–H groups in total. The van der Waals surface area contributed by atoms with Crippen molar-refractivity contribution in [3.63, 3.8) is 0 Å². The van der Waals surface area contributed by atoms with Crippen molar-refractivity contribution in [2.45, 2.75) is 64.6 Å². The van der Waals surface area contributed by atoms with Crippen LogP contribution in [0.4, 0.5) is 0 Å². The van der Waals surface area contributed by atoms with Gasteiger partial charge in [-0.25, -0.2) is 10.4 Å². The number of nitrogens with one attached hydrogen (secondary N) is 1. The Bertz CT molecular complexity index is 440. The van der Waals surface area contributed by atoms with Crippen molar-refractivity contribution >= 4 is 23.2 Å². The first-order valence-corrected chi connectivity index (χ1v) is 8.28. The van der Waals surface area contributed by atoms with Gasteiger partial charge in [-0.2, -0.15) is 0 Å². The predicted octanol–water partition coefficient (Wildman–Crippen LogP) is 5.21. The summed E-state index contributed by atoms with van der Waals surface area (Å²) in [6.45, 7) is 6.79. The van der Waals surface area contributed by atoms with E-state index in [0.717, 1.165) is 6.42 Å². The van der Waals surface area contributed by atoms with E-state index in [4.69, 9.17) is 23.2 Å². The van der Waals surface area contributed by atoms with Crippen LogP contribution in [-0.4, -0.2) is 17.1 Å². The molecule has 3 unspecified atom stereocenters. The first-order valence-electron chi connectivity index (χ1n) is 7.52. The minimum absolute atomic E-state index is 0.285.